The van der Waals surface area contributed by atoms with E-state index in [1.54, 1.807) is 6.07 Å². The summed E-state index contributed by atoms with van der Waals surface area (Å²) < 4.78 is 14.5. The zero-order chi connectivity index (χ0) is 13.1. The second-order valence-corrected chi connectivity index (χ2v) is 5.52. The van der Waals surface area contributed by atoms with E-state index < -0.39 is 0 Å². The van der Waals surface area contributed by atoms with E-state index in [0.29, 0.717) is 6.54 Å². The molecule has 0 bridgehead atoms. The van der Waals surface area contributed by atoms with Gasteiger partial charge in [0.2, 0.25) is 0 Å². The summed E-state index contributed by atoms with van der Waals surface area (Å²) in [6, 6.07) is 10.9. The van der Waals surface area contributed by atoms with Crippen LogP contribution in [0.1, 0.15) is 11.1 Å². The van der Waals surface area contributed by atoms with Crippen molar-refractivity contribution in [2.45, 2.75) is 13.5 Å². The number of halogens is 3. The van der Waals surface area contributed by atoms with E-state index in [1.807, 2.05) is 18.2 Å². The summed E-state index contributed by atoms with van der Waals surface area (Å²) >= 11 is 8.20. The van der Waals surface area contributed by atoms with Gasteiger partial charge in [-0.15, -0.1) is 0 Å². The van der Waals surface area contributed by atoms with Gasteiger partial charge in [0.25, 0.3) is 0 Å². The van der Waals surface area contributed by atoms with Crippen LogP contribution in [0.15, 0.2) is 36.4 Å². The fraction of sp³-hybridized carbons (Fsp3) is 0.143. The Bertz CT molecular complexity index is 520. The van der Waals surface area contributed by atoms with E-state index in [2.05, 4.69) is 40.9 Å². The minimum Gasteiger partial charge on any atom is -0.381 e. The molecule has 2 rings (SSSR count). The molecule has 4 heteroatoms. The Morgan fingerprint density at radius 3 is 2.72 bits per heavy atom. The first-order chi connectivity index (χ1) is 8.59. The average molecular weight is 376 g/mol. The zero-order valence-corrected chi connectivity index (χ0v) is 12.7. The lowest BCUT2D eigenvalue weighted by molar-refractivity contribution is 0.626. The number of benzene rings is 2. The van der Waals surface area contributed by atoms with Crippen molar-refractivity contribution >= 4 is 39.9 Å². The molecule has 0 aromatic heterocycles. The molecule has 0 unspecified atom stereocenters. The number of hydrogen-bond acceptors (Lipinski definition) is 1. The van der Waals surface area contributed by atoms with Crippen LogP contribution in [0, 0.1) is 16.3 Å². The fourth-order valence-electron chi connectivity index (χ4n) is 1.67. The summed E-state index contributed by atoms with van der Waals surface area (Å²) in [5, 5.41) is 3.47. The van der Waals surface area contributed by atoms with Gasteiger partial charge in [-0.05, 0) is 58.8 Å². The van der Waals surface area contributed by atoms with E-state index >= 15 is 0 Å². The lowest BCUT2D eigenvalue weighted by Gasteiger charge is -2.12. The molecule has 0 fully saturated rings. The minimum absolute atomic E-state index is 0.188. The first kappa shape index (κ1) is 13.6. The van der Waals surface area contributed by atoms with Crippen molar-refractivity contribution in [2.75, 3.05) is 5.32 Å². The summed E-state index contributed by atoms with van der Waals surface area (Å²) in [5.74, 6) is -0.379. The van der Waals surface area contributed by atoms with Gasteiger partial charge in [-0.25, -0.2) is 4.39 Å². The van der Waals surface area contributed by atoms with E-state index in [-0.39, 0.29) is 10.8 Å². The molecule has 0 amide bonds. The predicted molar refractivity (Wildman–Crippen MR) is 82.6 cm³/mol. The van der Waals surface area contributed by atoms with Crippen molar-refractivity contribution < 1.29 is 4.39 Å². The second kappa shape index (κ2) is 5.89. The van der Waals surface area contributed by atoms with Gasteiger partial charge in [-0.3, -0.25) is 0 Å². The van der Waals surface area contributed by atoms with E-state index in [1.165, 1.54) is 15.2 Å². The van der Waals surface area contributed by atoms with Gasteiger partial charge in [-0.2, -0.15) is 0 Å². The molecular weight excluding hydrogens is 364 g/mol. The molecule has 18 heavy (non-hydrogen) atoms. The molecule has 0 aliphatic carbocycles. The summed E-state index contributed by atoms with van der Waals surface area (Å²) in [4.78, 5) is 0. The van der Waals surface area contributed by atoms with E-state index in [4.69, 9.17) is 11.6 Å². The highest BCUT2D eigenvalue weighted by Crippen LogP contribution is 2.23. The molecule has 0 heterocycles. The SMILES string of the molecule is Cc1c(I)cccc1NCc1cccc(F)c1Cl. The summed E-state index contributed by atoms with van der Waals surface area (Å²) in [5.41, 5.74) is 2.99. The number of rotatable bonds is 3. The molecular formula is C14H12ClFIN. The largest absolute Gasteiger partial charge is 0.381 e. The van der Waals surface area contributed by atoms with Crippen molar-refractivity contribution in [1.29, 1.82) is 0 Å². The Balaban J connectivity index is 2.17. The van der Waals surface area contributed by atoms with Gasteiger partial charge < -0.3 is 5.32 Å². The highest BCUT2D eigenvalue weighted by atomic mass is 127. The first-order valence-corrected chi connectivity index (χ1v) is 6.97. The molecule has 0 spiro atoms. The maximum atomic E-state index is 13.3. The van der Waals surface area contributed by atoms with Crippen molar-refractivity contribution in [3.8, 4) is 0 Å². The van der Waals surface area contributed by atoms with E-state index in [0.717, 1.165) is 11.3 Å². The molecule has 0 radical (unpaired) electrons. The van der Waals surface area contributed by atoms with Gasteiger partial charge in [-0.1, -0.05) is 29.8 Å². The quantitative estimate of drug-likeness (QED) is 0.744. The minimum atomic E-state index is -0.379. The lowest BCUT2D eigenvalue weighted by atomic mass is 10.1. The molecule has 0 saturated heterocycles. The highest BCUT2D eigenvalue weighted by Gasteiger charge is 2.06. The summed E-state index contributed by atoms with van der Waals surface area (Å²) in [6.45, 7) is 2.56. The standard InChI is InChI=1S/C14H12ClFIN/c1-9-12(17)6-3-7-13(9)18-8-10-4-2-5-11(16)14(10)15/h2-7,18H,8H2,1H3. The van der Waals surface area contributed by atoms with Crippen LogP contribution >= 0.6 is 34.2 Å². The van der Waals surface area contributed by atoms with Crippen LogP contribution in [0.5, 0.6) is 0 Å². The molecule has 0 aliphatic heterocycles. The third-order valence-electron chi connectivity index (χ3n) is 2.77. The van der Waals surface area contributed by atoms with Crippen LogP contribution in [0.2, 0.25) is 5.02 Å². The summed E-state index contributed by atoms with van der Waals surface area (Å²) in [7, 11) is 0. The Labute approximate surface area is 124 Å². The molecule has 0 saturated carbocycles. The van der Waals surface area contributed by atoms with Crippen LogP contribution in [0.4, 0.5) is 10.1 Å². The van der Waals surface area contributed by atoms with Crippen molar-refractivity contribution in [2.24, 2.45) is 0 Å². The van der Waals surface area contributed by atoms with E-state index in [9.17, 15) is 4.39 Å². The van der Waals surface area contributed by atoms with Crippen LogP contribution in [0.3, 0.4) is 0 Å². The molecule has 0 aliphatic rings. The monoisotopic (exact) mass is 375 g/mol. The first-order valence-electron chi connectivity index (χ1n) is 5.51. The Hall–Kier alpha value is -0.810. The smallest absolute Gasteiger partial charge is 0.142 e. The van der Waals surface area contributed by atoms with Gasteiger partial charge >= 0.3 is 0 Å². The lowest BCUT2D eigenvalue weighted by Crippen LogP contribution is -2.03. The molecule has 1 N–H and O–H groups in total. The molecule has 94 valence electrons. The highest BCUT2D eigenvalue weighted by molar-refractivity contribution is 14.1. The Morgan fingerprint density at radius 2 is 1.94 bits per heavy atom. The molecule has 2 aromatic rings. The van der Waals surface area contributed by atoms with Crippen molar-refractivity contribution in [1.82, 2.24) is 0 Å². The number of anilines is 1. The van der Waals surface area contributed by atoms with Gasteiger partial charge in [0.1, 0.15) is 5.82 Å². The Morgan fingerprint density at radius 1 is 1.22 bits per heavy atom. The number of hydrogen-bond donors (Lipinski definition) is 1. The van der Waals surface area contributed by atoms with Gasteiger partial charge in [0.15, 0.2) is 0 Å². The van der Waals surface area contributed by atoms with Gasteiger partial charge in [0, 0.05) is 15.8 Å². The third-order valence-corrected chi connectivity index (χ3v) is 4.36. The predicted octanol–water partition coefficient (Wildman–Crippen LogP) is 5.00. The zero-order valence-electron chi connectivity index (χ0n) is 9.81. The molecule has 0 atom stereocenters. The number of nitrogens with one attached hydrogen (secondary N) is 1. The third kappa shape index (κ3) is 2.95. The topological polar surface area (TPSA) is 12.0 Å². The van der Waals surface area contributed by atoms with Crippen LogP contribution < -0.4 is 5.32 Å². The molecule has 2 aromatic carbocycles. The second-order valence-electron chi connectivity index (χ2n) is 3.98. The van der Waals surface area contributed by atoms with Crippen LogP contribution in [0.25, 0.3) is 0 Å². The molecule has 1 nitrogen and oxygen atoms in total. The maximum Gasteiger partial charge on any atom is 0.142 e. The fourth-order valence-corrected chi connectivity index (χ4v) is 2.37. The van der Waals surface area contributed by atoms with Crippen LogP contribution in [-0.2, 0) is 6.54 Å². The average Bonchev–Trinajstić information content (AvgIpc) is 2.36. The van der Waals surface area contributed by atoms with Crippen LogP contribution in [-0.4, -0.2) is 0 Å². The summed E-state index contributed by atoms with van der Waals surface area (Å²) in [6.07, 6.45) is 0. The maximum absolute atomic E-state index is 13.3. The van der Waals surface area contributed by atoms with Crippen molar-refractivity contribution in [3.05, 3.63) is 61.9 Å². The van der Waals surface area contributed by atoms with Gasteiger partial charge in [0.05, 0.1) is 5.02 Å². The Kier molecular flexibility index (Phi) is 4.45. The normalized spacial score (nSPS) is 10.4. The van der Waals surface area contributed by atoms with Crippen molar-refractivity contribution in [3.63, 3.8) is 0 Å².